The number of hydrogen-bond donors (Lipinski definition) is 0. The third-order valence-corrected chi connectivity index (χ3v) is 2.42. The normalized spacial score (nSPS) is 13.0. The van der Waals surface area contributed by atoms with Gasteiger partial charge in [-0.25, -0.2) is 0 Å². The Morgan fingerprint density at radius 2 is 2.56 bits per heavy atom. The monoisotopic (exact) mass is 138 g/mol. The third kappa shape index (κ3) is 1.42. The molecule has 9 heavy (non-hydrogen) atoms. The minimum Gasteiger partial charge on any atom is -0.148 e. The van der Waals surface area contributed by atoms with Crippen LogP contribution in [0.5, 0.6) is 0 Å². The van der Waals surface area contributed by atoms with Gasteiger partial charge in [-0.15, -0.1) is 17.9 Å². The van der Waals surface area contributed by atoms with Crippen LogP contribution >= 0.6 is 11.3 Å². The fraction of sp³-hybridized carbons (Fsp3) is 0.250. The van der Waals surface area contributed by atoms with Crippen LogP contribution in [0.1, 0.15) is 17.7 Å². The highest BCUT2D eigenvalue weighted by Gasteiger charge is 1.98. The van der Waals surface area contributed by atoms with Gasteiger partial charge in [-0.2, -0.15) is 0 Å². The van der Waals surface area contributed by atoms with Crippen LogP contribution in [0.4, 0.5) is 0 Å². The van der Waals surface area contributed by atoms with Gasteiger partial charge in [0.2, 0.25) is 0 Å². The van der Waals surface area contributed by atoms with Gasteiger partial charge in [0.15, 0.2) is 0 Å². The summed E-state index contributed by atoms with van der Waals surface area (Å²) in [5, 5.41) is 2.09. The van der Waals surface area contributed by atoms with E-state index in [-0.39, 0.29) is 0 Å². The van der Waals surface area contributed by atoms with Crippen LogP contribution in [0.3, 0.4) is 0 Å². The summed E-state index contributed by atoms with van der Waals surface area (Å²) in [5.74, 6) is 0.519. The van der Waals surface area contributed by atoms with E-state index in [1.165, 1.54) is 4.88 Å². The summed E-state index contributed by atoms with van der Waals surface area (Å²) >= 11 is 1.78. The molecule has 0 fully saturated rings. The summed E-state index contributed by atoms with van der Waals surface area (Å²) in [6.45, 7) is 5.87. The molecule has 0 nitrogen and oxygen atoms in total. The molecule has 1 aromatic rings. The number of rotatable bonds is 2. The smallest absolute Gasteiger partial charge is 0.0111 e. The van der Waals surface area contributed by atoms with Crippen LogP contribution in [0.15, 0.2) is 30.2 Å². The van der Waals surface area contributed by atoms with E-state index in [1.54, 1.807) is 11.3 Å². The SMILES string of the molecule is C=CC(C)c1cccs1. The number of hydrogen-bond acceptors (Lipinski definition) is 1. The van der Waals surface area contributed by atoms with Crippen molar-refractivity contribution in [1.82, 2.24) is 0 Å². The maximum atomic E-state index is 3.72. The minimum absolute atomic E-state index is 0.519. The molecule has 1 rings (SSSR count). The molecule has 1 aromatic heterocycles. The van der Waals surface area contributed by atoms with Crippen molar-refractivity contribution in [3.05, 3.63) is 35.0 Å². The predicted octanol–water partition coefficient (Wildman–Crippen LogP) is 3.04. The van der Waals surface area contributed by atoms with Gasteiger partial charge in [0.1, 0.15) is 0 Å². The molecule has 0 aliphatic heterocycles. The first-order valence-corrected chi connectivity index (χ1v) is 3.88. The highest BCUT2D eigenvalue weighted by atomic mass is 32.1. The van der Waals surface area contributed by atoms with E-state index in [4.69, 9.17) is 0 Å². The zero-order valence-electron chi connectivity index (χ0n) is 5.50. The van der Waals surface area contributed by atoms with Gasteiger partial charge in [0.05, 0.1) is 0 Å². The molecule has 0 aromatic carbocycles. The lowest BCUT2D eigenvalue weighted by atomic mass is 10.1. The molecule has 48 valence electrons. The molecule has 0 spiro atoms. The van der Waals surface area contributed by atoms with Crippen LogP contribution < -0.4 is 0 Å². The highest BCUT2D eigenvalue weighted by Crippen LogP contribution is 2.20. The van der Waals surface area contributed by atoms with Crippen LogP contribution in [0.25, 0.3) is 0 Å². The molecule has 0 bridgehead atoms. The van der Waals surface area contributed by atoms with E-state index in [9.17, 15) is 0 Å². The molecular weight excluding hydrogens is 128 g/mol. The Labute approximate surface area is 59.8 Å². The summed E-state index contributed by atoms with van der Waals surface area (Å²) in [4.78, 5) is 1.39. The topological polar surface area (TPSA) is 0 Å². The Bertz CT molecular complexity index is 174. The Kier molecular flexibility index (Phi) is 2.06. The molecule has 1 unspecified atom stereocenters. The molecule has 0 N–H and O–H groups in total. The fourth-order valence-electron chi connectivity index (χ4n) is 0.667. The Hall–Kier alpha value is -0.560. The van der Waals surface area contributed by atoms with Gasteiger partial charge < -0.3 is 0 Å². The van der Waals surface area contributed by atoms with Gasteiger partial charge >= 0.3 is 0 Å². The zero-order valence-corrected chi connectivity index (χ0v) is 6.32. The Balaban J connectivity index is 2.76. The van der Waals surface area contributed by atoms with Crippen LogP contribution in [0.2, 0.25) is 0 Å². The van der Waals surface area contributed by atoms with Crippen molar-refractivity contribution in [3.8, 4) is 0 Å². The molecule has 1 atom stereocenters. The first-order valence-electron chi connectivity index (χ1n) is 3.00. The first kappa shape index (κ1) is 6.56. The third-order valence-electron chi connectivity index (χ3n) is 1.35. The summed E-state index contributed by atoms with van der Waals surface area (Å²) < 4.78 is 0. The molecule has 0 saturated carbocycles. The van der Waals surface area contributed by atoms with Gasteiger partial charge in [-0.3, -0.25) is 0 Å². The maximum Gasteiger partial charge on any atom is 0.0111 e. The van der Waals surface area contributed by atoms with Crippen LogP contribution in [0, 0.1) is 0 Å². The lowest BCUT2D eigenvalue weighted by molar-refractivity contribution is 1.00. The molecular formula is C8H10S. The van der Waals surface area contributed by atoms with Crippen molar-refractivity contribution in [2.24, 2.45) is 0 Å². The average Bonchev–Trinajstić information content (AvgIpc) is 2.37. The van der Waals surface area contributed by atoms with Gasteiger partial charge in [-0.05, 0) is 11.4 Å². The van der Waals surface area contributed by atoms with E-state index in [0.717, 1.165) is 0 Å². The largest absolute Gasteiger partial charge is 0.148 e. The van der Waals surface area contributed by atoms with Crippen molar-refractivity contribution in [2.75, 3.05) is 0 Å². The predicted molar refractivity (Wildman–Crippen MR) is 42.9 cm³/mol. The standard InChI is InChI=1S/C8H10S/c1-3-7(2)8-5-4-6-9-8/h3-7H,1H2,2H3. The second-order valence-corrected chi connectivity index (χ2v) is 3.02. The second-order valence-electron chi connectivity index (χ2n) is 2.04. The highest BCUT2D eigenvalue weighted by molar-refractivity contribution is 7.10. The summed E-state index contributed by atoms with van der Waals surface area (Å²) in [5.41, 5.74) is 0. The lowest BCUT2D eigenvalue weighted by Crippen LogP contribution is -1.79. The van der Waals surface area contributed by atoms with Crippen molar-refractivity contribution >= 4 is 11.3 Å². The van der Waals surface area contributed by atoms with Crippen LogP contribution in [-0.2, 0) is 0 Å². The molecule has 1 heterocycles. The van der Waals surface area contributed by atoms with Crippen molar-refractivity contribution in [1.29, 1.82) is 0 Å². The van der Waals surface area contributed by atoms with E-state index < -0.39 is 0 Å². The lowest BCUT2D eigenvalue weighted by Gasteiger charge is -1.98. The summed E-state index contributed by atoms with van der Waals surface area (Å²) in [7, 11) is 0. The Morgan fingerprint density at radius 1 is 1.78 bits per heavy atom. The zero-order chi connectivity index (χ0) is 6.69. The number of allylic oxidation sites excluding steroid dienone is 1. The number of thiophene rings is 1. The molecule has 0 amide bonds. The first-order chi connectivity index (χ1) is 4.34. The van der Waals surface area contributed by atoms with E-state index in [2.05, 4.69) is 31.0 Å². The van der Waals surface area contributed by atoms with Gasteiger partial charge in [0, 0.05) is 10.8 Å². The molecule has 0 saturated heterocycles. The molecule has 0 radical (unpaired) electrons. The summed E-state index contributed by atoms with van der Waals surface area (Å²) in [6, 6.07) is 4.21. The van der Waals surface area contributed by atoms with Crippen molar-refractivity contribution in [3.63, 3.8) is 0 Å². The molecule has 1 heteroatoms. The van der Waals surface area contributed by atoms with Crippen molar-refractivity contribution in [2.45, 2.75) is 12.8 Å². The quantitative estimate of drug-likeness (QED) is 0.551. The van der Waals surface area contributed by atoms with E-state index >= 15 is 0 Å². The minimum atomic E-state index is 0.519. The summed E-state index contributed by atoms with van der Waals surface area (Å²) in [6.07, 6.45) is 1.96. The maximum absolute atomic E-state index is 3.72. The van der Waals surface area contributed by atoms with Gasteiger partial charge in [-0.1, -0.05) is 19.1 Å². The van der Waals surface area contributed by atoms with Gasteiger partial charge in [0.25, 0.3) is 0 Å². The van der Waals surface area contributed by atoms with Crippen LogP contribution in [-0.4, -0.2) is 0 Å². The van der Waals surface area contributed by atoms with Crippen molar-refractivity contribution < 1.29 is 0 Å². The van der Waals surface area contributed by atoms with E-state index in [1.807, 2.05) is 6.08 Å². The van der Waals surface area contributed by atoms with E-state index in [0.29, 0.717) is 5.92 Å². The Morgan fingerprint density at radius 3 is 3.00 bits per heavy atom. The molecule has 0 aliphatic carbocycles. The average molecular weight is 138 g/mol. The molecule has 0 aliphatic rings. The second kappa shape index (κ2) is 2.83. The fourth-order valence-corrected chi connectivity index (χ4v) is 1.45.